The number of carbonyl (C=O) groups is 4. The molecule has 0 bridgehead atoms. The van der Waals surface area contributed by atoms with Gasteiger partial charge in [-0.3, -0.25) is 19.3 Å². The molecule has 4 amide bonds. The van der Waals surface area contributed by atoms with E-state index in [-0.39, 0.29) is 18.9 Å². The van der Waals surface area contributed by atoms with Gasteiger partial charge in [-0.05, 0) is 18.8 Å². The molecular weight excluding hydrogens is 328 g/mol. The van der Waals surface area contributed by atoms with E-state index in [9.17, 15) is 19.2 Å². The predicted octanol–water partition coefficient (Wildman–Crippen LogP) is 0.0602. The second-order valence-corrected chi connectivity index (χ2v) is 6.36. The number of imide groups is 1. The van der Waals surface area contributed by atoms with Crippen LogP contribution in [-0.2, 0) is 19.1 Å². The monoisotopic (exact) mass is 350 g/mol. The lowest BCUT2D eigenvalue weighted by Crippen LogP contribution is -2.54. The zero-order valence-electron chi connectivity index (χ0n) is 14.2. The summed E-state index contributed by atoms with van der Waals surface area (Å²) >= 11 is 0. The normalized spacial score (nSPS) is 25.4. The predicted molar refractivity (Wildman–Crippen MR) is 84.8 cm³/mol. The standard InChI is InChI=1S/C16H22N4O5/c1-11-5-2-3-6-16(11)14(23)20(15(24)19-16)9-13(22)25-10-12(21)18-8-4-7-17/h11H,2-6,8-10H2,1H3,(H,18,21)(H,19,24)/t11-,16+/m1/s1. The Kier molecular flexibility index (Phi) is 5.96. The molecule has 136 valence electrons. The maximum absolute atomic E-state index is 12.7. The maximum atomic E-state index is 12.7. The zero-order valence-corrected chi connectivity index (χ0v) is 14.2. The van der Waals surface area contributed by atoms with Crippen LogP contribution in [0.4, 0.5) is 4.79 Å². The minimum Gasteiger partial charge on any atom is -0.454 e. The summed E-state index contributed by atoms with van der Waals surface area (Å²) < 4.78 is 4.79. The minimum atomic E-state index is -0.926. The van der Waals surface area contributed by atoms with Crippen molar-refractivity contribution in [3.05, 3.63) is 0 Å². The first kappa shape index (κ1) is 18.7. The van der Waals surface area contributed by atoms with E-state index in [2.05, 4.69) is 10.6 Å². The lowest BCUT2D eigenvalue weighted by Gasteiger charge is -2.36. The van der Waals surface area contributed by atoms with Crippen LogP contribution in [0.25, 0.3) is 0 Å². The van der Waals surface area contributed by atoms with Gasteiger partial charge in [0.2, 0.25) is 0 Å². The van der Waals surface area contributed by atoms with Gasteiger partial charge in [-0.2, -0.15) is 5.26 Å². The Balaban J connectivity index is 1.86. The fourth-order valence-electron chi connectivity index (χ4n) is 3.27. The summed E-state index contributed by atoms with van der Waals surface area (Å²) in [7, 11) is 0. The number of nitrogens with one attached hydrogen (secondary N) is 2. The van der Waals surface area contributed by atoms with Crippen molar-refractivity contribution >= 4 is 23.8 Å². The lowest BCUT2D eigenvalue weighted by atomic mass is 9.73. The van der Waals surface area contributed by atoms with Crippen LogP contribution < -0.4 is 10.6 Å². The molecule has 0 unspecified atom stereocenters. The summed E-state index contributed by atoms with van der Waals surface area (Å²) in [6.45, 7) is 1.05. The molecule has 0 radical (unpaired) electrons. The van der Waals surface area contributed by atoms with Crippen molar-refractivity contribution in [1.29, 1.82) is 5.26 Å². The number of carbonyl (C=O) groups excluding carboxylic acids is 4. The van der Waals surface area contributed by atoms with Crippen LogP contribution in [0.2, 0.25) is 0 Å². The van der Waals surface area contributed by atoms with Gasteiger partial charge in [0.1, 0.15) is 12.1 Å². The molecule has 2 aliphatic rings. The van der Waals surface area contributed by atoms with Crippen LogP contribution in [-0.4, -0.2) is 54.0 Å². The van der Waals surface area contributed by atoms with E-state index in [4.69, 9.17) is 10.00 Å². The quantitative estimate of drug-likeness (QED) is 0.396. The fraction of sp³-hybridized carbons (Fsp3) is 0.688. The van der Waals surface area contributed by atoms with Crippen molar-refractivity contribution in [2.45, 2.75) is 44.6 Å². The van der Waals surface area contributed by atoms with Gasteiger partial charge < -0.3 is 15.4 Å². The minimum absolute atomic E-state index is 0.00429. The van der Waals surface area contributed by atoms with Gasteiger partial charge in [0.05, 0.1) is 12.5 Å². The number of hydrogen-bond acceptors (Lipinski definition) is 6. The van der Waals surface area contributed by atoms with Crippen molar-refractivity contribution in [2.24, 2.45) is 5.92 Å². The molecule has 9 nitrogen and oxygen atoms in total. The molecule has 1 saturated carbocycles. The summed E-state index contributed by atoms with van der Waals surface area (Å²) in [5.74, 6) is -1.78. The van der Waals surface area contributed by atoms with Gasteiger partial charge in [-0.15, -0.1) is 0 Å². The molecule has 1 heterocycles. The molecule has 0 aromatic carbocycles. The Bertz CT molecular complexity index is 614. The Morgan fingerprint density at radius 3 is 2.88 bits per heavy atom. The third kappa shape index (κ3) is 4.07. The largest absolute Gasteiger partial charge is 0.454 e. The fourth-order valence-corrected chi connectivity index (χ4v) is 3.27. The van der Waals surface area contributed by atoms with Crippen molar-refractivity contribution in [1.82, 2.24) is 15.5 Å². The number of hydrogen-bond donors (Lipinski definition) is 2. The Morgan fingerprint density at radius 1 is 1.44 bits per heavy atom. The first-order valence-corrected chi connectivity index (χ1v) is 8.34. The topological polar surface area (TPSA) is 129 Å². The first-order chi connectivity index (χ1) is 11.9. The van der Waals surface area contributed by atoms with Gasteiger partial charge in [0.25, 0.3) is 11.8 Å². The van der Waals surface area contributed by atoms with E-state index < -0.39 is 42.5 Å². The highest BCUT2D eigenvalue weighted by Gasteiger charge is 2.55. The second-order valence-electron chi connectivity index (χ2n) is 6.36. The Hall–Kier alpha value is -2.63. The molecule has 9 heteroatoms. The van der Waals surface area contributed by atoms with E-state index in [0.29, 0.717) is 6.42 Å². The Morgan fingerprint density at radius 2 is 2.20 bits per heavy atom. The highest BCUT2D eigenvalue weighted by Crippen LogP contribution is 2.38. The van der Waals surface area contributed by atoms with Crippen LogP contribution in [0.3, 0.4) is 0 Å². The van der Waals surface area contributed by atoms with Crippen LogP contribution in [0.15, 0.2) is 0 Å². The summed E-state index contributed by atoms with van der Waals surface area (Å²) in [6.07, 6.45) is 3.41. The smallest absolute Gasteiger partial charge is 0.326 e. The van der Waals surface area contributed by atoms with Gasteiger partial charge in [0, 0.05) is 6.54 Å². The number of urea groups is 1. The van der Waals surface area contributed by atoms with Gasteiger partial charge in [0.15, 0.2) is 6.61 Å². The van der Waals surface area contributed by atoms with Crippen LogP contribution in [0.5, 0.6) is 0 Å². The SMILES string of the molecule is C[C@@H]1CCCC[C@]12NC(=O)N(CC(=O)OCC(=O)NCCC#N)C2=O. The first-order valence-electron chi connectivity index (χ1n) is 8.34. The third-order valence-electron chi connectivity index (χ3n) is 4.71. The van der Waals surface area contributed by atoms with Crippen molar-refractivity contribution in [3.8, 4) is 6.07 Å². The molecule has 1 spiro atoms. The maximum Gasteiger partial charge on any atom is 0.326 e. The van der Waals surface area contributed by atoms with Crippen molar-refractivity contribution < 1.29 is 23.9 Å². The number of amides is 4. The van der Waals surface area contributed by atoms with Crippen LogP contribution in [0.1, 0.15) is 39.0 Å². The molecule has 1 aliphatic carbocycles. The van der Waals surface area contributed by atoms with Gasteiger partial charge >= 0.3 is 12.0 Å². The van der Waals surface area contributed by atoms with Crippen LogP contribution in [0, 0.1) is 17.2 Å². The average molecular weight is 350 g/mol. The summed E-state index contributed by atoms with van der Waals surface area (Å²) in [5.41, 5.74) is -0.926. The van der Waals surface area contributed by atoms with Crippen molar-refractivity contribution in [2.75, 3.05) is 19.7 Å². The number of rotatable bonds is 6. The number of esters is 1. The van der Waals surface area contributed by atoms with E-state index >= 15 is 0 Å². The molecule has 0 aromatic rings. The van der Waals surface area contributed by atoms with Gasteiger partial charge in [-0.25, -0.2) is 4.79 Å². The summed E-state index contributed by atoms with van der Waals surface area (Å²) in [4.78, 5) is 48.9. The summed E-state index contributed by atoms with van der Waals surface area (Å²) in [5, 5.41) is 13.5. The summed E-state index contributed by atoms with van der Waals surface area (Å²) in [6, 6.07) is 1.26. The number of nitriles is 1. The van der Waals surface area contributed by atoms with E-state index in [0.717, 1.165) is 24.2 Å². The molecule has 25 heavy (non-hydrogen) atoms. The van der Waals surface area contributed by atoms with E-state index in [1.165, 1.54) is 0 Å². The van der Waals surface area contributed by atoms with Gasteiger partial charge in [-0.1, -0.05) is 19.8 Å². The van der Waals surface area contributed by atoms with Crippen molar-refractivity contribution in [3.63, 3.8) is 0 Å². The molecule has 1 saturated heterocycles. The number of nitrogens with zero attached hydrogens (tertiary/aromatic N) is 2. The average Bonchev–Trinajstić information content (AvgIpc) is 2.81. The number of ether oxygens (including phenoxy) is 1. The highest BCUT2D eigenvalue weighted by atomic mass is 16.5. The zero-order chi connectivity index (χ0) is 18.4. The molecule has 2 atom stereocenters. The molecule has 1 aliphatic heterocycles. The molecule has 0 aromatic heterocycles. The van der Waals surface area contributed by atoms with Crippen LogP contribution >= 0.6 is 0 Å². The third-order valence-corrected chi connectivity index (χ3v) is 4.71. The Labute approximate surface area is 145 Å². The van der Waals surface area contributed by atoms with E-state index in [1.807, 2.05) is 13.0 Å². The molecule has 2 fully saturated rings. The molecule has 2 N–H and O–H groups in total. The molecular formula is C16H22N4O5. The van der Waals surface area contributed by atoms with E-state index in [1.54, 1.807) is 0 Å². The highest BCUT2D eigenvalue weighted by molar-refractivity contribution is 6.09. The molecule has 2 rings (SSSR count). The lowest BCUT2D eigenvalue weighted by molar-refractivity contribution is -0.151. The second kappa shape index (κ2) is 7.96.